The van der Waals surface area contributed by atoms with E-state index in [0.29, 0.717) is 11.4 Å². The Bertz CT molecular complexity index is 710. The lowest BCUT2D eigenvalue weighted by Gasteiger charge is -2.29. The van der Waals surface area contributed by atoms with Gasteiger partial charge in [0.25, 0.3) is 0 Å². The third-order valence-corrected chi connectivity index (χ3v) is 3.59. The van der Waals surface area contributed by atoms with Gasteiger partial charge >= 0.3 is 0 Å². The number of nitrogens with two attached hydrogens (primary N) is 1. The lowest BCUT2D eigenvalue weighted by molar-refractivity contribution is -0.130. The fraction of sp³-hybridized carbons (Fsp3) is 0.154. The molecule has 0 saturated carbocycles. The number of amides is 2. The first kappa shape index (κ1) is 12.9. The van der Waals surface area contributed by atoms with Crippen molar-refractivity contribution >= 4 is 50.0 Å². The Morgan fingerprint density at radius 1 is 1.25 bits per heavy atom. The van der Waals surface area contributed by atoms with E-state index >= 15 is 0 Å². The van der Waals surface area contributed by atoms with E-state index in [-0.39, 0.29) is 24.9 Å². The average Bonchev–Trinajstić information content (AvgIpc) is 2.37. The molecular formula is C13H11BrN4O2. The number of carbonyl (C=O) groups excluding carboxylic acids is 2. The Morgan fingerprint density at radius 3 is 2.65 bits per heavy atom. The van der Waals surface area contributed by atoms with Crippen molar-refractivity contribution < 1.29 is 9.59 Å². The fourth-order valence-corrected chi connectivity index (χ4v) is 2.68. The maximum Gasteiger partial charge on any atom is 0.246 e. The zero-order chi connectivity index (χ0) is 14.3. The molecule has 1 aliphatic rings. The summed E-state index contributed by atoms with van der Waals surface area (Å²) in [7, 11) is 0. The number of piperazine rings is 1. The molecule has 2 amide bonds. The van der Waals surface area contributed by atoms with E-state index in [1.54, 1.807) is 11.1 Å². The highest BCUT2D eigenvalue weighted by Gasteiger charge is 2.25. The van der Waals surface area contributed by atoms with Gasteiger partial charge in [0.1, 0.15) is 0 Å². The molecule has 1 saturated heterocycles. The molecule has 0 atom stereocenters. The molecule has 20 heavy (non-hydrogen) atoms. The standard InChI is InChI=1S/C13H11BrN4O2/c14-7-1-2-10-8(3-7)13(9(15)4-16-10)18-5-11(19)17-12(20)6-18/h1-4H,5-6,15H2,(H,17,19,20). The fourth-order valence-electron chi connectivity index (χ4n) is 2.31. The monoisotopic (exact) mass is 334 g/mol. The van der Waals surface area contributed by atoms with Crippen molar-refractivity contribution in [2.24, 2.45) is 0 Å². The van der Waals surface area contributed by atoms with Crippen molar-refractivity contribution in [3.8, 4) is 0 Å². The van der Waals surface area contributed by atoms with E-state index in [2.05, 4.69) is 26.2 Å². The second-order valence-corrected chi connectivity index (χ2v) is 5.47. The number of nitrogens with one attached hydrogen (secondary N) is 1. The molecule has 2 aromatic rings. The van der Waals surface area contributed by atoms with Gasteiger partial charge in [-0.2, -0.15) is 0 Å². The van der Waals surface area contributed by atoms with E-state index in [1.165, 1.54) is 0 Å². The van der Waals surface area contributed by atoms with Crippen LogP contribution in [0, 0.1) is 0 Å². The molecule has 0 bridgehead atoms. The minimum Gasteiger partial charge on any atom is -0.396 e. The highest BCUT2D eigenvalue weighted by molar-refractivity contribution is 9.10. The number of nitrogen functional groups attached to an aromatic ring is 1. The maximum atomic E-state index is 11.5. The molecule has 2 heterocycles. The molecule has 0 unspecified atom stereocenters. The molecule has 1 fully saturated rings. The zero-order valence-electron chi connectivity index (χ0n) is 10.4. The normalized spacial score (nSPS) is 15.6. The van der Waals surface area contributed by atoms with Gasteiger partial charge in [0, 0.05) is 9.86 Å². The summed E-state index contributed by atoms with van der Waals surface area (Å²) in [5.74, 6) is -0.666. The lowest BCUT2D eigenvalue weighted by atomic mass is 10.1. The number of halogens is 1. The first-order valence-electron chi connectivity index (χ1n) is 5.96. The van der Waals surface area contributed by atoms with Gasteiger partial charge in [-0.1, -0.05) is 15.9 Å². The van der Waals surface area contributed by atoms with E-state index in [1.807, 2.05) is 18.2 Å². The molecule has 6 nitrogen and oxygen atoms in total. The summed E-state index contributed by atoms with van der Waals surface area (Å²) in [6.07, 6.45) is 1.54. The zero-order valence-corrected chi connectivity index (χ0v) is 12.0. The van der Waals surface area contributed by atoms with Crippen LogP contribution < -0.4 is 16.0 Å². The summed E-state index contributed by atoms with van der Waals surface area (Å²) in [6.45, 7) is 0.198. The molecule has 1 aromatic carbocycles. The molecule has 0 spiro atoms. The summed E-state index contributed by atoms with van der Waals surface area (Å²) >= 11 is 3.41. The van der Waals surface area contributed by atoms with Gasteiger partial charge in [-0.15, -0.1) is 0 Å². The lowest BCUT2D eigenvalue weighted by Crippen LogP contribution is -2.51. The van der Waals surface area contributed by atoms with Gasteiger partial charge < -0.3 is 10.6 Å². The van der Waals surface area contributed by atoms with Crippen LogP contribution in [0.4, 0.5) is 11.4 Å². The van der Waals surface area contributed by atoms with Crippen LogP contribution in [0.25, 0.3) is 10.9 Å². The van der Waals surface area contributed by atoms with Crippen molar-refractivity contribution in [2.45, 2.75) is 0 Å². The third kappa shape index (κ3) is 2.20. The molecule has 3 N–H and O–H groups in total. The van der Waals surface area contributed by atoms with E-state index in [9.17, 15) is 9.59 Å². The number of aromatic nitrogens is 1. The Kier molecular flexibility index (Phi) is 3.06. The van der Waals surface area contributed by atoms with Gasteiger partial charge in [0.2, 0.25) is 11.8 Å². The highest BCUT2D eigenvalue weighted by atomic mass is 79.9. The summed E-state index contributed by atoms with van der Waals surface area (Å²) < 4.78 is 0.881. The first-order valence-corrected chi connectivity index (χ1v) is 6.75. The molecule has 3 rings (SSSR count). The number of imide groups is 1. The van der Waals surface area contributed by atoms with Crippen molar-refractivity contribution in [1.82, 2.24) is 10.3 Å². The number of pyridine rings is 1. The summed E-state index contributed by atoms with van der Waals surface area (Å²) in [4.78, 5) is 29.0. The number of hydrogen-bond donors (Lipinski definition) is 2. The molecule has 7 heteroatoms. The predicted molar refractivity (Wildman–Crippen MR) is 79.2 cm³/mol. The number of fused-ring (bicyclic) bond motifs is 1. The topological polar surface area (TPSA) is 88.3 Å². The highest BCUT2D eigenvalue weighted by Crippen LogP contribution is 2.33. The maximum absolute atomic E-state index is 11.5. The van der Waals surface area contributed by atoms with Crippen LogP contribution in [0.1, 0.15) is 0 Å². The Hall–Kier alpha value is -2.15. The number of carbonyl (C=O) groups is 2. The van der Waals surface area contributed by atoms with Gasteiger partial charge in [-0.3, -0.25) is 19.9 Å². The van der Waals surface area contributed by atoms with Crippen LogP contribution >= 0.6 is 15.9 Å². The van der Waals surface area contributed by atoms with E-state index in [4.69, 9.17) is 5.73 Å². The van der Waals surface area contributed by atoms with Crippen LogP contribution in [0.2, 0.25) is 0 Å². The van der Waals surface area contributed by atoms with Crippen LogP contribution in [0.3, 0.4) is 0 Å². The van der Waals surface area contributed by atoms with Gasteiger partial charge in [0.15, 0.2) is 0 Å². The smallest absolute Gasteiger partial charge is 0.246 e. The molecule has 1 aromatic heterocycles. The van der Waals surface area contributed by atoms with Crippen molar-refractivity contribution in [3.05, 3.63) is 28.9 Å². The third-order valence-electron chi connectivity index (χ3n) is 3.09. The Balaban J connectivity index is 2.18. The summed E-state index contributed by atoms with van der Waals surface area (Å²) in [5.41, 5.74) is 7.86. The Morgan fingerprint density at radius 2 is 1.95 bits per heavy atom. The Labute approximate surface area is 123 Å². The molecular weight excluding hydrogens is 324 g/mol. The molecule has 0 aliphatic carbocycles. The second-order valence-electron chi connectivity index (χ2n) is 4.55. The summed E-state index contributed by atoms with van der Waals surface area (Å²) in [6, 6.07) is 5.61. The van der Waals surface area contributed by atoms with Gasteiger partial charge in [0.05, 0.1) is 36.2 Å². The summed E-state index contributed by atoms with van der Waals surface area (Å²) in [5, 5.41) is 3.08. The number of rotatable bonds is 1. The number of anilines is 2. The minimum atomic E-state index is -0.333. The van der Waals surface area contributed by atoms with Crippen LogP contribution in [0.15, 0.2) is 28.9 Å². The SMILES string of the molecule is Nc1cnc2ccc(Br)cc2c1N1CC(=O)NC(=O)C1. The quantitative estimate of drug-likeness (QED) is 0.761. The minimum absolute atomic E-state index is 0.0988. The number of nitrogens with zero attached hydrogens (tertiary/aromatic N) is 2. The molecule has 0 radical (unpaired) electrons. The van der Waals surface area contributed by atoms with Crippen molar-refractivity contribution in [1.29, 1.82) is 0 Å². The van der Waals surface area contributed by atoms with Crippen LogP contribution in [-0.4, -0.2) is 29.9 Å². The largest absolute Gasteiger partial charge is 0.396 e. The molecule has 1 aliphatic heterocycles. The second kappa shape index (κ2) is 4.75. The molecule has 102 valence electrons. The average molecular weight is 335 g/mol. The number of benzene rings is 1. The van der Waals surface area contributed by atoms with Crippen molar-refractivity contribution in [3.63, 3.8) is 0 Å². The van der Waals surface area contributed by atoms with Gasteiger partial charge in [-0.25, -0.2) is 0 Å². The predicted octanol–water partition coefficient (Wildman–Crippen LogP) is 1.04. The van der Waals surface area contributed by atoms with E-state index in [0.717, 1.165) is 15.4 Å². The van der Waals surface area contributed by atoms with E-state index < -0.39 is 0 Å². The van der Waals surface area contributed by atoms with Crippen LogP contribution in [0.5, 0.6) is 0 Å². The first-order chi connectivity index (χ1) is 9.54. The number of hydrogen-bond acceptors (Lipinski definition) is 5. The van der Waals surface area contributed by atoms with Crippen LogP contribution in [-0.2, 0) is 9.59 Å². The van der Waals surface area contributed by atoms with Gasteiger partial charge in [-0.05, 0) is 18.2 Å². The van der Waals surface area contributed by atoms with Crippen molar-refractivity contribution in [2.75, 3.05) is 23.7 Å².